The number of nitrogens with zero attached hydrogens (tertiary/aromatic N) is 2. The van der Waals surface area contributed by atoms with Crippen LogP contribution in [0.3, 0.4) is 0 Å². The van der Waals surface area contributed by atoms with Gasteiger partial charge in [0.2, 0.25) is 0 Å². The van der Waals surface area contributed by atoms with E-state index in [2.05, 4.69) is 22.2 Å². The molecule has 1 N–H and O–H groups in total. The first kappa shape index (κ1) is 15.2. The molecule has 0 atom stereocenters. The van der Waals surface area contributed by atoms with Crippen LogP contribution < -0.4 is 5.32 Å². The minimum atomic E-state index is -2.91. The summed E-state index contributed by atoms with van der Waals surface area (Å²) in [7, 11) is -1.09. The van der Waals surface area contributed by atoms with Gasteiger partial charge in [-0.2, -0.15) is 0 Å². The predicted octanol–water partition coefficient (Wildman–Crippen LogP) is 1.61. The zero-order valence-corrected chi connectivity index (χ0v) is 12.6. The average Bonchev–Trinajstić information content (AvgIpc) is 2.29. The van der Waals surface area contributed by atoms with Crippen LogP contribution in [0.2, 0.25) is 0 Å². The maximum absolute atomic E-state index is 11.1. The van der Waals surface area contributed by atoms with Crippen LogP contribution in [0.25, 0.3) is 0 Å². The molecule has 0 unspecified atom stereocenters. The highest BCUT2D eigenvalue weighted by Crippen LogP contribution is 2.25. The van der Waals surface area contributed by atoms with Crippen molar-refractivity contribution in [2.24, 2.45) is 0 Å². The second-order valence-corrected chi connectivity index (χ2v) is 7.33. The quantitative estimate of drug-likeness (QED) is 0.607. The molecule has 1 rings (SSSR count). The Balaban J connectivity index is 2.81. The van der Waals surface area contributed by atoms with E-state index in [1.165, 1.54) is 24.3 Å². The van der Waals surface area contributed by atoms with Gasteiger partial charge in [0.15, 0.2) is 0 Å². The van der Waals surface area contributed by atoms with Crippen LogP contribution in [-0.4, -0.2) is 43.2 Å². The molecule has 5 nitrogen and oxygen atoms in total. The van der Waals surface area contributed by atoms with Crippen molar-refractivity contribution in [3.8, 4) is 0 Å². The monoisotopic (exact) mass is 289 g/mol. The van der Waals surface area contributed by atoms with Gasteiger partial charge in [0.25, 0.3) is 0 Å². The topological polar surface area (TPSA) is 72.0 Å². The summed E-state index contributed by atoms with van der Waals surface area (Å²) in [5.41, 5.74) is 1.07. The molecule has 7 heteroatoms. The molecule has 0 fully saturated rings. The van der Waals surface area contributed by atoms with Gasteiger partial charge in [0.1, 0.15) is 27.0 Å². The summed E-state index contributed by atoms with van der Waals surface area (Å²) in [5.74, 6) is 1.52. The lowest BCUT2D eigenvalue weighted by Gasteiger charge is -2.11. The smallest absolute Gasteiger partial charge is 0.148 e. The Hall–Kier alpha value is -0.820. The first-order valence-corrected chi connectivity index (χ1v) is 8.84. The minimum absolute atomic E-state index is 0.169. The second kappa shape index (κ2) is 6.94. The Labute approximate surface area is 113 Å². The fourth-order valence-electron chi connectivity index (χ4n) is 1.50. The van der Waals surface area contributed by atoms with Gasteiger partial charge in [-0.25, -0.2) is 18.4 Å². The molecule has 1 aromatic heterocycles. The van der Waals surface area contributed by atoms with Crippen LogP contribution in [0.1, 0.15) is 18.9 Å². The standard InChI is InChI=1S/C11H19N3O2S2/c1-4-5-9-10(12-2)13-8-14-11(9)17-6-7-18(3,15)16/h8H,4-7H2,1-3H3,(H,12,13,14). The highest BCUT2D eigenvalue weighted by Gasteiger charge is 2.11. The van der Waals surface area contributed by atoms with Crippen LogP contribution in [0.5, 0.6) is 0 Å². The Kier molecular flexibility index (Phi) is 5.87. The predicted molar refractivity (Wildman–Crippen MR) is 76.0 cm³/mol. The number of hydrogen-bond acceptors (Lipinski definition) is 6. The number of aromatic nitrogens is 2. The number of thioether (sulfide) groups is 1. The van der Waals surface area contributed by atoms with Crippen molar-refractivity contribution < 1.29 is 8.42 Å². The summed E-state index contributed by atoms with van der Waals surface area (Å²) >= 11 is 1.47. The molecule has 1 aromatic rings. The van der Waals surface area contributed by atoms with Crippen LogP contribution >= 0.6 is 11.8 Å². The number of anilines is 1. The first-order chi connectivity index (χ1) is 8.48. The fourth-order valence-corrected chi connectivity index (χ4v) is 3.73. The molecule has 0 aliphatic rings. The highest BCUT2D eigenvalue weighted by atomic mass is 32.2. The van der Waals surface area contributed by atoms with Crippen molar-refractivity contribution >= 4 is 27.4 Å². The van der Waals surface area contributed by atoms with Crippen molar-refractivity contribution in [3.63, 3.8) is 0 Å². The van der Waals surface area contributed by atoms with Crippen molar-refractivity contribution in [2.75, 3.05) is 30.1 Å². The van der Waals surface area contributed by atoms with Crippen LogP contribution in [0, 0.1) is 0 Å². The van der Waals surface area contributed by atoms with E-state index in [4.69, 9.17) is 0 Å². The summed E-state index contributed by atoms with van der Waals surface area (Å²) in [6, 6.07) is 0. The molecule has 0 aliphatic heterocycles. The average molecular weight is 289 g/mol. The van der Waals surface area contributed by atoms with Crippen molar-refractivity contribution in [1.29, 1.82) is 0 Å². The fraction of sp³-hybridized carbons (Fsp3) is 0.636. The molecular formula is C11H19N3O2S2. The van der Waals surface area contributed by atoms with Crippen LogP contribution in [0.15, 0.2) is 11.4 Å². The Morgan fingerprint density at radius 1 is 1.39 bits per heavy atom. The van der Waals surface area contributed by atoms with E-state index in [1.54, 1.807) is 0 Å². The van der Waals surface area contributed by atoms with Gasteiger partial charge in [-0.05, 0) is 6.42 Å². The van der Waals surface area contributed by atoms with Gasteiger partial charge in [0, 0.05) is 24.6 Å². The molecular weight excluding hydrogens is 270 g/mol. The molecule has 0 bridgehead atoms. The molecule has 0 spiro atoms. The zero-order chi connectivity index (χ0) is 13.6. The Bertz CT molecular complexity index is 489. The zero-order valence-electron chi connectivity index (χ0n) is 10.9. The van der Waals surface area contributed by atoms with E-state index in [9.17, 15) is 8.42 Å². The highest BCUT2D eigenvalue weighted by molar-refractivity contribution is 8.00. The maximum atomic E-state index is 11.1. The summed E-state index contributed by atoms with van der Waals surface area (Å²) in [4.78, 5) is 8.42. The lowest BCUT2D eigenvalue weighted by molar-refractivity contribution is 0.603. The van der Waals surface area contributed by atoms with Gasteiger partial charge in [-0.3, -0.25) is 0 Å². The normalized spacial score (nSPS) is 11.5. The lowest BCUT2D eigenvalue weighted by atomic mass is 10.2. The Morgan fingerprint density at radius 2 is 2.11 bits per heavy atom. The summed E-state index contributed by atoms with van der Waals surface area (Å²) in [5, 5.41) is 3.92. The second-order valence-electron chi connectivity index (χ2n) is 3.98. The van der Waals surface area contributed by atoms with Crippen molar-refractivity contribution in [2.45, 2.75) is 24.8 Å². The third-order valence-electron chi connectivity index (χ3n) is 2.34. The summed E-state index contributed by atoms with van der Waals surface area (Å²) in [6.07, 6.45) is 4.65. The van der Waals surface area contributed by atoms with Crippen molar-refractivity contribution in [1.82, 2.24) is 9.97 Å². The van der Waals surface area contributed by atoms with Crippen LogP contribution in [-0.2, 0) is 16.3 Å². The number of hydrogen-bond donors (Lipinski definition) is 1. The molecule has 0 radical (unpaired) electrons. The lowest BCUT2D eigenvalue weighted by Crippen LogP contribution is -2.07. The molecule has 1 heterocycles. The first-order valence-electron chi connectivity index (χ1n) is 5.80. The van der Waals surface area contributed by atoms with Gasteiger partial charge >= 0.3 is 0 Å². The SMILES string of the molecule is CCCc1c(NC)ncnc1SCCS(C)(=O)=O. The third-order valence-corrected chi connectivity index (χ3v) is 4.57. The molecule has 18 heavy (non-hydrogen) atoms. The minimum Gasteiger partial charge on any atom is -0.373 e. The largest absolute Gasteiger partial charge is 0.373 e. The summed E-state index contributed by atoms with van der Waals surface area (Å²) in [6.45, 7) is 2.09. The number of nitrogens with one attached hydrogen (secondary N) is 1. The van der Waals surface area contributed by atoms with E-state index in [-0.39, 0.29) is 5.75 Å². The molecule has 0 saturated carbocycles. The number of rotatable bonds is 7. The van der Waals surface area contributed by atoms with E-state index in [0.717, 1.165) is 29.2 Å². The van der Waals surface area contributed by atoms with Gasteiger partial charge in [-0.1, -0.05) is 13.3 Å². The van der Waals surface area contributed by atoms with E-state index < -0.39 is 9.84 Å². The molecule has 102 valence electrons. The molecule has 0 saturated heterocycles. The summed E-state index contributed by atoms with van der Waals surface area (Å²) < 4.78 is 22.2. The van der Waals surface area contributed by atoms with Gasteiger partial charge < -0.3 is 5.32 Å². The number of sulfone groups is 1. The van der Waals surface area contributed by atoms with Crippen LogP contribution in [0.4, 0.5) is 5.82 Å². The molecule has 0 aromatic carbocycles. The molecule has 0 amide bonds. The maximum Gasteiger partial charge on any atom is 0.148 e. The van der Waals surface area contributed by atoms with E-state index >= 15 is 0 Å². The van der Waals surface area contributed by atoms with E-state index in [0.29, 0.717) is 5.75 Å². The van der Waals surface area contributed by atoms with Gasteiger partial charge in [0.05, 0.1) is 5.75 Å². The molecule has 0 aliphatic carbocycles. The van der Waals surface area contributed by atoms with E-state index in [1.807, 2.05) is 7.05 Å². The third kappa shape index (κ3) is 4.81. The van der Waals surface area contributed by atoms with Crippen molar-refractivity contribution in [3.05, 3.63) is 11.9 Å². The van der Waals surface area contributed by atoms with Gasteiger partial charge in [-0.15, -0.1) is 11.8 Å². The Morgan fingerprint density at radius 3 is 2.67 bits per heavy atom.